The SMILES string of the molecule is Cn1cc(S(=O)(=O)NC2CCCN(Cc3cccnc3)C2)cn1. The topological polar surface area (TPSA) is 80.1 Å². The number of nitrogens with one attached hydrogen (secondary N) is 1. The lowest BCUT2D eigenvalue weighted by Crippen LogP contribution is -2.47. The molecule has 1 unspecified atom stereocenters. The largest absolute Gasteiger partial charge is 0.297 e. The number of piperidine rings is 1. The molecule has 2 aromatic rings. The van der Waals surface area contributed by atoms with Gasteiger partial charge in [0.2, 0.25) is 10.0 Å². The van der Waals surface area contributed by atoms with Gasteiger partial charge in [0.1, 0.15) is 4.90 Å². The first-order chi connectivity index (χ1) is 11.0. The Morgan fingerprint density at radius 2 is 2.26 bits per heavy atom. The van der Waals surface area contributed by atoms with E-state index in [0.29, 0.717) is 6.54 Å². The normalized spacial score (nSPS) is 19.8. The van der Waals surface area contributed by atoms with Gasteiger partial charge in [-0.3, -0.25) is 14.6 Å². The molecule has 1 aliphatic rings. The Hall–Kier alpha value is -1.77. The molecule has 8 heteroatoms. The zero-order valence-electron chi connectivity index (χ0n) is 13.1. The second-order valence-corrected chi connectivity index (χ2v) is 7.62. The molecule has 0 bridgehead atoms. The lowest BCUT2D eigenvalue weighted by Gasteiger charge is -2.32. The summed E-state index contributed by atoms with van der Waals surface area (Å²) >= 11 is 0. The predicted octanol–water partition coefficient (Wildman–Crippen LogP) is 0.758. The van der Waals surface area contributed by atoms with Crippen molar-refractivity contribution in [1.82, 2.24) is 24.4 Å². The maximum absolute atomic E-state index is 12.4. The molecular formula is C15H21N5O2S. The molecule has 0 saturated carbocycles. The lowest BCUT2D eigenvalue weighted by atomic mass is 10.1. The highest BCUT2D eigenvalue weighted by Gasteiger charge is 2.26. The average Bonchev–Trinajstić information content (AvgIpc) is 2.96. The van der Waals surface area contributed by atoms with Gasteiger partial charge in [-0.2, -0.15) is 5.10 Å². The summed E-state index contributed by atoms with van der Waals surface area (Å²) < 4.78 is 29.1. The molecule has 7 nitrogen and oxygen atoms in total. The highest BCUT2D eigenvalue weighted by atomic mass is 32.2. The maximum Gasteiger partial charge on any atom is 0.243 e. The van der Waals surface area contributed by atoms with Crippen LogP contribution in [-0.4, -0.2) is 47.2 Å². The van der Waals surface area contributed by atoms with Crippen molar-refractivity contribution >= 4 is 10.0 Å². The lowest BCUT2D eigenvalue weighted by molar-refractivity contribution is 0.194. The van der Waals surface area contributed by atoms with Crippen LogP contribution < -0.4 is 4.72 Å². The molecule has 1 saturated heterocycles. The third-order valence-corrected chi connectivity index (χ3v) is 5.42. The van der Waals surface area contributed by atoms with E-state index in [0.717, 1.165) is 31.5 Å². The molecule has 124 valence electrons. The fraction of sp³-hybridized carbons (Fsp3) is 0.467. The number of rotatable bonds is 5. The Morgan fingerprint density at radius 3 is 2.96 bits per heavy atom. The van der Waals surface area contributed by atoms with Crippen molar-refractivity contribution in [3.8, 4) is 0 Å². The van der Waals surface area contributed by atoms with Gasteiger partial charge in [0.05, 0.1) is 6.20 Å². The first-order valence-corrected chi connectivity index (χ1v) is 9.13. The number of hydrogen-bond acceptors (Lipinski definition) is 5. The molecule has 1 fully saturated rings. The molecule has 0 spiro atoms. The number of aromatic nitrogens is 3. The second kappa shape index (κ2) is 6.77. The van der Waals surface area contributed by atoms with Crippen LogP contribution in [-0.2, 0) is 23.6 Å². The highest BCUT2D eigenvalue weighted by Crippen LogP contribution is 2.16. The molecule has 2 aromatic heterocycles. The van der Waals surface area contributed by atoms with Gasteiger partial charge < -0.3 is 0 Å². The molecule has 0 aliphatic carbocycles. The minimum Gasteiger partial charge on any atom is -0.297 e. The first-order valence-electron chi connectivity index (χ1n) is 7.65. The molecule has 3 heterocycles. The fourth-order valence-electron chi connectivity index (χ4n) is 2.87. The van der Waals surface area contributed by atoms with Gasteiger partial charge in [-0.1, -0.05) is 6.07 Å². The van der Waals surface area contributed by atoms with Crippen LogP contribution in [0.4, 0.5) is 0 Å². The number of hydrogen-bond donors (Lipinski definition) is 1. The Morgan fingerprint density at radius 1 is 1.39 bits per heavy atom. The summed E-state index contributed by atoms with van der Waals surface area (Å²) in [5.41, 5.74) is 1.14. The standard InChI is InChI=1S/C15H21N5O2S/c1-19-12-15(9-17-19)23(21,22)18-14-5-3-7-20(11-14)10-13-4-2-6-16-8-13/h2,4,6,8-9,12,14,18H,3,5,7,10-11H2,1H3. The van der Waals surface area contributed by atoms with Crippen LogP contribution in [0.15, 0.2) is 41.8 Å². The van der Waals surface area contributed by atoms with Crippen LogP contribution in [0.5, 0.6) is 0 Å². The summed E-state index contributed by atoms with van der Waals surface area (Å²) in [5, 5.41) is 3.93. The molecular weight excluding hydrogens is 314 g/mol. The van der Waals surface area contributed by atoms with E-state index in [1.54, 1.807) is 13.2 Å². The van der Waals surface area contributed by atoms with Crippen LogP contribution in [0.1, 0.15) is 18.4 Å². The number of nitrogens with zero attached hydrogens (tertiary/aromatic N) is 4. The molecule has 0 amide bonds. The van der Waals surface area contributed by atoms with Crippen LogP contribution >= 0.6 is 0 Å². The Bertz CT molecular complexity index is 744. The van der Waals surface area contributed by atoms with Crippen molar-refractivity contribution in [2.24, 2.45) is 7.05 Å². The van der Waals surface area contributed by atoms with Crippen molar-refractivity contribution < 1.29 is 8.42 Å². The quantitative estimate of drug-likeness (QED) is 0.872. The Kier molecular flexibility index (Phi) is 4.74. The minimum atomic E-state index is -3.51. The van der Waals surface area contributed by atoms with Gasteiger partial charge in [-0.25, -0.2) is 13.1 Å². The van der Waals surface area contributed by atoms with E-state index in [4.69, 9.17) is 0 Å². The zero-order chi connectivity index (χ0) is 16.3. The van der Waals surface area contributed by atoms with E-state index in [9.17, 15) is 8.42 Å². The zero-order valence-corrected chi connectivity index (χ0v) is 13.9. The first kappa shape index (κ1) is 16.1. The molecule has 3 rings (SSSR count). The van der Waals surface area contributed by atoms with E-state index in [-0.39, 0.29) is 10.9 Å². The minimum absolute atomic E-state index is 0.0781. The van der Waals surface area contributed by atoms with Gasteiger partial charge in [0, 0.05) is 44.8 Å². The fourth-order valence-corrected chi connectivity index (χ4v) is 4.11. The molecule has 0 radical (unpaired) electrons. The predicted molar refractivity (Wildman–Crippen MR) is 86.1 cm³/mol. The van der Waals surface area contributed by atoms with E-state index in [1.165, 1.54) is 17.1 Å². The van der Waals surface area contributed by atoms with E-state index < -0.39 is 10.0 Å². The van der Waals surface area contributed by atoms with E-state index >= 15 is 0 Å². The number of sulfonamides is 1. The summed E-state index contributed by atoms with van der Waals surface area (Å²) in [6.07, 6.45) is 8.31. The Balaban J connectivity index is 1.62. The van der Waals surface area contributed by atoms with Crippen LogP contribution in [0.2, 0.25) is 0 Å². The monoisotopic (exact) mass is 335 g/mol. The summed E-state index contributed by atoms with van der Waals surface area (Å²) in [6.45, 7) is 2.47. The Labute approximate surface area is 136 Å². The number of aryl methyl sites for hydroxylation is 1. The molecule has 23 heavy (non-hydrogen) atoms. The number of pyridine rings is 1. The maximum atomic E-state index is 12.4. The van der Waals surface area contributed by atoms with E-state index in [1.807, 2.05) is 18.3 Å². The number of likely N-dealkylation sites (tertiary alicyclic amines) is 1. The van der Waals surface area contributed by atoms with Gasteiger partial charge in [-0.15, -0.1) is 0 Å². The summed E-state index contributed by atoms with van der Waals surface area (Å²) in [7, 11) is -1.80. The molecule has 0 aromatic carbocycles. The molecule has 1 atom stereocenters. The highest BCUT2D eigenvalue weighted by molar-refractivity contribution is 7.89. The van der Waals surface area contributed by atoms with Crippen LogP contribution in [0.25, 0.3) is 0 Å². The molecule has 1 N–H and O–H groups in total. The van der Waals surface area contributed by atoms with Crippen molar-refractivity contribution in [3.05, 3.63) is 42.5 Å². The third kappa shape index (κ3) is 4.15. The van der Waals surface area contributed by atoms with Gasteiger partial charge in [0.25, 0.3) is 0 Å². The van der Waals surface area contributed by atoms with Gasteiger partial charge in [-0.05, 0) is 31.0 Å². The van der Waals surface area contributed by atoms with Crippen molar-refractivity contribution in [1.29, 1.82) is 0 Å². The summed E-state index contributed by atoms with van der Waals surface area (Å²) in [5.74, 6) is 0. The van der Waals surface area contributed by atoms with Crippen LogP contribution in [0.3, 0.4) is 0 Å². The average molecular weight is 335 g/mol. The molecule has 1 aliphatic heterocycles. The van der Waals surface area contributed by atoms with Gasteiger partial charge >= 0.3 is 0 Å². The van der Waals surface area contributed by atoms with Crippen molar-refractivity contribution in [2.75, 3.05) is 13.1 Å². The van der Waals surface area contributed by atoms with E-state index in [2.05, 4.69) is 19.7 Å². The van der Waals surface area contributed by atoms with Crippen LogP contribution in [0, 0.1) is 0 Å². The summed E-state index contributed by atoms with van der Waals surface area (Å²) in [4.78, 5) is 6.60. The van der Waals surface area contributed by atoms with Gasteiger partial charge in [0.15, 0.2) is 0 Å². The third-order valence-electron chi connectivity index (χ3n) is 3.95. The summed E-state index contributed by atoms with van der Waals surface area (Å²) in [6, 6.07) is 3.88. The smallest absolute Gasteiger partial charge is 0.243 e. The van der Waals surface area contributed by atoms with Crippen molar-refractivity contribution in [2.45, 2.75) is 30.3 Å². The van der Waals surface area contributed by atoms with Crippen molar-refractivity contribution in [3.63, 3.8) is 0 Å². The second-order valence-electron chi connectivity index (χ2n) is 5.91.